The second kappa shape index (κ2) is 5.62. The quantitative estimate of drug-likeness (QED) is 0.941. The number of nitrogens with one attached hydrogen (secondary N) is 1. The number of methoxy groups -OCH3 is 1. The van der Waals surface area contributed by atoms with E-state index in [0.717, 1.165) is 15.9 Å². The highest BCUT2D eigenvalue weighted by Crippen LogP contribution is 2.35. The number of rotatable bonds is 4. The Kier molecular flexibility index (Phi) is 4.15. The maximum absolute atomic E-state index is 5.35. The molecule has 0 aliphatic heterocycles. The van der Waals surface area contributed by atoms with Gasteiger partial charge in [0, 0.05) is 15.5 Å². The van der Waals surface area contributed by atoms with Crippen molar-refractivity contribution in [2.45, 2.75) is 6.04 Å². The van der Waals surface area contributed by atoms with Crippen LogP contribution >= 0.6 is 27.3 Å². The molecule has 0 saturated carbocycles. The molecule has 3 nitrogen and oxygen atoms in total. The van der Waals surface area contributed by atoms with Gasteiger partial charge in [0.1, 0.15) is 11.4 Å². The number of ether oxygens (including phenoxy) is 1. The molecule has 0 aliphatic rings. The Morgan fingerprint density at radius 2 is 2.29 bits per heavy atom. The van der Waals surface area contributed by atoms with E-state index >= 15 is 0 Å². The molecule has 2 rings (SSSR count). The van der Waals surface area contributed by atoms with Crippen LogP contribution in [0.5, 0.6) is 5.75 Å². The van der Waals surface area contributed by atoms with Gasteiger partial charge in [0.15, 0.2) is 0 Å². The summed E-state index contributed by atoms with van der Waals surface area (Å²) in [5.74, 6) is 0.798. The molecule has 0 fully saturated rings. The number of hydrogen-bond donors (Lipinski definition) is 1. The fourth-order valence-electron chi connectivity index (χ4n) is 1.70. The van der Waals surface area contributed by atoms with E-state index in [-0.39, 0.29) is 6.04 Å². The van der Waals surface area contributed by atoms with Crippen molar-refractivity contribution in [3.63, 3.8) is 0 Å². The SMILES string of the molecule is CNC(c1ncccc1OC)c1sccc1Br. The van der Waals surface area contributed by atoms with E-state index in [1.807, 2.05) is 25.2 Å². The zero-order chi connectivity index (χ0) is 12.3. The number of aromatic nitrogens is 1. The Bertz CT molecular complexity index is 501. The molecule has 2 heterocycles. The molecule has 1 N–H and O–H groups in total. The molecule has 1 atom stereocenters. The Labute approximate surface area is 113 Å². The predicted octanol–water partition coefficient (Wildman–Crippen LogP) is 3.22. The van der Waals surface area contributed by atoms with Crippen molar-refractivity contribution in [1.29, 1.82) is 0 Å². The summed E-state index contributed by atoms with van der Waals surface area (Å²) in [5.41, 5.74) is 0.903. The molecule has 2 aromatic heterocycles. The second-order valence-corrected chi connectivity index (χ2v) is 5.25. The topological polar surface area (TPSA) is 34.2 Å². The Hall–Kier alpha value is -0.910. The first kappa shape index (κ1) is 12.5. The lowest BCUT2D eigenvalue weighted by Crippen LogP contribution is -2.19. The molecule has 0 radical (unpaired) electrons. The van der Waals surface area contributed by atoms with E-state index in [0.29, 0.717) is 0 Å². The van der Waals surface area contributed by atoms with E-state index in [9.17, 15) is 0 Å². The highest BCUT2D eigenvalue weighted by molar-refractivity contribution is 9.10. The zero-order valence-electron chi connectivity index (χ0n) is 9.61. The molecule has 0 amide bonds. The predicted molar refractivity (Wildman–Crippen MR) is 73.7 cm³/mol. The number of nitrogens with zero attached hydrogens (tertiary/aromatic N) is 1. The molecule has 2 aromatic rings. The lowest BCUT2D eigenvalue weighted by Gasteiger charge is -2.17. The van der Waals surface area contributed by atoms with Gasteiger partial charge in [-0.3, -0.25) is 4.98 Å². The van der Waals surface area contributed by atoms with Crippen molar-refractivity contribution in [2.24, 2.45) is 0 Å². The number of pyridine rings is 1. The summed E-state index contributed by atoms with van der Waals surface area (Å²) in [6.07, 6.45) is 1.78. The molecule has 0 bridgehead atoms. The van der Waals surface area contributed by atoms with Crippen LogP contribution in [-0.2, 0) is 0 Å². The number of hydrogen-bond acceptors (Lipinski definition) is 4. The lowest BCUT2D eigenvalue weighted by atomic mass is 10.1. The first-order chi connectivity index (χ1) is 8.27. The van der Waals surface area contributed by atoms with Crippen molar-refractivity contribution >= 4 is 27.3 Å². The van der Waals surface area contributed by atoms with Crippen molar-refractivity contribution in [3.05, 3.63) is 44.8 Å². The number of thiophene rings is 1. The fourth-order valence-corrected chi connectivity index (χ4v) is 3.41. The van der Waals surface area contributed by atoms with Crippen LogP contribution in [0.1, 0.15) is 16.6 Å². The van der Waals surface area contributed by atoms with Crippen LogP contribution in [0.25, 0.3) is 0 Å². The molecular weight excluding hydrogens is 300 g/mol. The molecule has 1 unspecified atom stereocenters. The van der Waals surface area contributed by atoms with Gasteiger partial charge in [-0.05, 0) is 46.6 Å². The summed E-state index contributed by atoms with van der Waals surface area (Å²) >= 11 is 5.24. The third kappa shape index (κ3) is 2.51. The third-order valence-electron chi connectivity index (χ3n) is 2.49. The smallest absolute Gasteiger partial charge is 0.142 e. The molecule has 0 spiro atoms. The van der Waals surface area contributed by atoms with Crippen molar-refractivity contribution in [2.75, 3.05) is 14.2 Å². The summed E-state index contributed by atoms with van der Waals surface area (Å²) in [5, 5.41) is 5.33. The maximum atomic E-state index is 5.35. The van der Waals surface area contributed by atoms with E-state index < -0.39 is 0 Å². The van der Waals surface area contributed by atoms with Crippen molar-refractivity contribution in [3.8, 4) is 5.75 Å². The van der Waals surface area contributed by atoms with E-state index in [2.05, 4.69) is 31.6 Å². The average Bonchev–Trinajstić information content (AvgIpc) is 2.78. The van der Waals surface area contributed by atoms with Gasteiger partial charge in [0.05, 0.1) is 13.2 Å². The Balaban J connectivity index is 2.46. The van der Waals surface area contributed by atoms with Crippen LogP contribution in [0.15, 0.2) is 34.2 Å². The standard InChI is InChI=1S/C12H13BrN2OS/c1-14-11(12-8(13)5-7-17-12)10-9(16-2)4-3-6-15-10/h3-7,11,14H,1-2H3. The lowest BCUT2D eigenvalue weighted by molar-refractivity contribution is 0.402. The van der Waals surface area contributed by atoms with E-state index in [4.69, 9.17) is 4.74 Å². The fraction of sp³-hybridized carbons (Fsp3) is 0.250. The van der Waals surface area contributed by atoms with Gasteiger partial charge >= 0.3 is 0 Å². The highest BCUT2D eigenvalue weighted by atomic mass is 79.9. The van der Waals surface area contributed by atoms with Crippen molar-refractivity contribution < 1.29 is 4.74 Å². The number of halogens is 1. The largest absolute Gasteiger partial charge is 0.495 e. The first-order valence-electron chi connectivity index (χ1n) is 5.17. The minimum Gasteiger partial charge on any atom is -0.495 e. The van der Waals surface area contributed by atoms with E-state index in [1.54, 1.807) is 24.6 Å². The Morgan fingerprint density at radius 1 is 1.47 bits per heavy atom. The van der Waals surface area contributed by atoms with Crippen LogP contribution < -0.4 is 10.1 Å². The van der Waals surface area contributed by atoms with Gasteiger partial charge in [0.25, 0.3) is 0 Å². The summed E-state index contributed by atoms with van der Waals surface area (Å²) < 4.78 is 6.45. The first-order valence-corrected chi connectivity index (χ1v) is 6.84. The monoisotopic (exact) mass is 312 g/mol. The summed E-state index contributed by atoms with van der Waals surface area (Å²) in [6.45, 7) is 0. The molecular formula is C12H13BrN2OS. The summed E-state index contributed by atoms with van der Waals surface area (Å²) in [6, 6.07) is 5.88. The molecule has 0 aliphatic carbocycles. The van der Waals surface area contributed by atoms with Gasteiger partial charge in [-0.15, -0.1) is 11.3 Å². The van der Waals surface area contributed by atoms with E-state index in [1.165, 1.54) is 4.88 Å². The minimum atomic E-state index is 0.0422. The van der Waals surface area contributed by atoms with Crippen LogP contribution in [0.4, 0.5) is 0 Å². The molecule has 90 valence electrons. The summed E-state index contributed by atoms with van der Waals surface area (Å²) in [4.78, 5) is 5.61. The zero-order valence-corrected chi connectivity index (χ0v) is 12.0. The minimum absolute atomic E-state index is 0.0422. The van der Waals surface area contributed by atoms with Crippen LogP contribution in [0.2, 0.25) is 0 Å². The summed E-state index contributed by atoms with van der Waals surface area (Å²) in [7, 11) is 3.58. The van der Waals surface area contributed by atoms with Gasteiger partial charge in [-0.1, -0.05) is 0 Å². The maximum Gasteiger partial charge on any atom is 0.142 e. The van der Waals surface area contributed by atoms with Crippen LogP contribution in [0.3, 0.4) is 0 Å². The second-order valence-electron chi connectivity index (χ2n) is 3.45. The third-order valence-corrected chi connectivity index (χ3v) is 4.42. The van der Waals surface area contributed by atoms with Gasteiger partial charge in [-0.2, -0.15) is 0 Å². The molecule has 5 heteroatoms. The van der Waals surface area contributed by atoms with Gasteiger partial charge < -0.3 is 10.1 Å². The Morgan fingerprint density at radius 3 is 2.88 bits per heavy atom. The van der Waals surface area contributed by atoms with Gasteiger partial charge in [-0.25, -0.2) is 0 Å². The van der Waals surface area contributed by atoms with Crippen LogP contribution in [0, 0.1) is 0 Å². The molecule has 0 saturated heterocycles. The van der Waals surface area contributed by atoms with Gasteiger partial charge in [0.2, 0.25) is 0 Å². The van der Waals surface area contributed by atoms with Crippen LogP contribution in [-0.4, -0.2) is 19.1 Å². The molecule has 0 aromatic carbocycles. The normalized spacial score (nSPS) is 12.4. The highest BCUT2D eigenvalue weighted by Gasteiger charge is 2.20. The molecule has 17 heavy (non-hydrogen) atoms. The van der Waals surface area contributed by atoms with Crippen molar-refractivity contribution in [1.82, 2.24) is 10.3 Å². The average molecular weight is 313 g/mol.